The summed E-state index contributed by atoms with van der Waals surface area (Å²) in [6.07, 6.45) is 1.43. The molecule has 32 heavy (non-hydrogen) atoms. The first-order valence-corrected chi connectivity index (χ1v) is 9.86. The van der Waals surface area contributed by atoms with Gasteiger partial charge in [0.05, 0.1) is 28.8 Å². The summed E-state index contributed by atoms with van der Waals surface area (Å²) in [5.41, 5.74) is 2.85. The molecule has 9 nitrogen and oxygen atoms in total. The van der Waals surface area contributed by atoms with Crippen molar-refractivity contribution in [1.29, 1.82) is 0 Å². The van der Waals surface area contributed by atoms with Gasteiger partial charge in [-0.3, -0.25) is 15.1 Å². The van der Waals surface area contributed by atoms with Gasteiger partial charge in [0, 0.05) is 11.8 Å². The molecule has 0 aliphatic carbocycles. The molecule has 1 aliphatic heterocycles. The van der Waals surface area contributed by atoms with Crippen molar-refractivity contribution in [3.05, 3.63) is 70.3 Å². The van der Waals surface area contributed by atoms with Gasteiger partial charge in [0.25, 0.3) is 5.69 Å². The second-order valence-electron chi connectivity index (χ2n) is 6.91. The molecule has 0 bridgehead atoms. The molecular formula is C23H17N3O6. The summed E-state index contributed by atoms with van der Waals surface area (Å²) in [5, 5.41) is 11.4. The first kappa shape index (κ1) is 19.6. The van der Waals surface area contributed by atoms with Gasteiger partial charge < -0.3 is 18.6 Å². The van der Waals surface area contributed by atoms with Crippen LogP contribution in [0.4, 0.5) is 11.4 Å². The number of hydrogen-bond donors (Lipinski definition) is 0. The van der Waals surface area contributed by atoms with E-state index in [9.17, 15) is 10.1 Å². The van der Waals surface area contributed by atoms with Gasteiger partial charge in [-0.2, -0.15) is 0 Å². The fourth-order valence-corrected chi connectivity index (χ4v) is 3.33. The highest BCUT2D eigenvalue weighted by Gasteiger charge is 2.22. The number of nitrogens with zero attached hydrogens (tertiary/aromatic N) is 3. The number of rotatable bonds is 6. The van der Waals surface area contributed by atoms with E-state index in [0.717, 1.165) is 11.3 Å². The lowest BCUT2D eigenvalue weighted by Crippen LogP contribution is -1.94. The Labute approximate surface area is 182 Å². The van der Waals surface area contributed by atoms with Crippen molar-refractivity contribution >= 4 is 28.7 Å². The van der Waals surface area contributed by atoms with Gasteiger partial charge in [-0.15, -0.1) is 0 Å². The minimum absolute atomic E-state index is 0.0343. The molecule has 0 spiro atoms. The lowest BCUT2D eigenvalue weighted by atomic mass is 10.1. The summed E-state index contributed by atoms with van der Waals surface area (Å²) in [5.74, 6) is 2.06. The molecule has 3 aromatic carbocycles. The quantitative estimate of drug-likeness (QED) is 0.232. The van der Waals surface area contributed by atoms with Gasteiger partial charge in [-0.05, 0) is 55.5 Å². The van der Waals surface area contributed by atoms with Crippen LogP contribution in [0.1, 0.15) is 12.5 Å². The third-order valence-electron chi connectivity index (χ3n) is 4.85. The Bertz CT molecular complexity index is 1340. The SMILES string of the molecule is CCOc1ccc(-c2nc3cc(N=Cc4cc5c(cc4[N+](=O)[O-])OCO5)ccc3o2)cc1. The zero-order chi connectivity index (χ0) is 22.1. The minimum Gasteiger partial charge on any atom is -0.494 e. The highest BCUT2D eigenvalue weighted by molar-refractivity contribution is 5.89. The minimum atomic E-state index is -0.479. The van der Waals surface area contributed by atoms with E-state index in [1.807, 2.05) is 31.2 Å². The smallest absolute Gasteiger partial charge is 0.282 e. The summed E-state index contributed by atoms with van der Waals surface area (Å²) in [7, 11) is 0. The van der Waals surface area contributed by atoms with E-state index >= 15 is 0 Å². The Hall–Kier alpha value is -4.40. The van der Waals surface area contributed by atoms with Crippen LogP contribution in [0.3, 0.4) is 0 Å². The zero-order valence-electron chi connectivity index (χ0n) is 17.0. The Balaban J connectivity index is 1.43. The Kier molecular flexibility index (Phi) is 4.91. The average molecular weight is 431 g/mol. The maximum absolute atomic E-state index is 11.4. The molecule has 9 heteroatoms. The third kappa shape index (κ3) is 3.71. The number of oxazole rings is 1. The van der Waals surface area contributed by atoms with Crippen LogP contribution < -0.4 is 14.2 Å². The molecule has 0 unspecified atom stereocenters. The average Bonchev–Trinajstić information content (AvgIpc) is 3.43. The number of hydrogen-bond acceptors (Lipinski definition) is 8. The van der Waals surface area contributed by atoms with E-state index in [0.29, 0.717) is 46.3 Å². The molecule has 5 rings (SSSR count). The number of aliphatic imine (C=N–C) groups is 1. The number of nitro groups is 1. The molecule has 0 saturated carbocycles. The molecule has 4 aromatic rings. The van der Waals surface area contributed by atoms with Gasteiger partial charge in [0.1, 0.15) is 11.3 Å². The molecule has 1 aliphatic rings. The number of aromatic nitrogens is 1. The summed E-state index contributed by atoms with van der Waals surface area (Å²) < 4.78 is 21.8. The van der Waals surface area contributed by atoms with E-state index in [2.05, 4.69) is 9.98 Å². The van der Waals surface area contributed by atoms with Crippen LogP contribution in [0, 0.1) is 10.1 Å². The van der Waals surface area contributed by atoms with Gasteiger partial charge in [0.15, 0.2) is 17.1 Å². The number of fused-ring (bicyclic) bond motifs is 2. The second-order valence-corrected chi connectivity index (χ2v) is 6.91. The van der Waals surface area contributed by atoms with E-state index in [1.165, 1.54) is 12.3 Å². The lowest BCUT2D eigenvalue weighted by molar-refractivity contribution is -0.385. The molecule has 0 N–H and O–H groups in total. The number of ether oxygens (including phenoxy) is 3. The van der Waals surface area contributed by atoms with Crippen molar-refractivity contribution < 1.29 is 23.6 Å². The highest BCUT2D eigenvalue weighted by Crippen LogP contribution is 2.37. The van der Waals surface area contributed by atoms with Crippen LogP contribution in [0.2, 0.25) is 0 Å². The van der Waals surface area contributed by atoms with E-state index in [4.69, 9.17) is 18.6 Å². The molecule has 1 aromatic heterocycles. The Morgan fingerprint density at radius 3 is 2.66 bits per heavy atom. The van der Waals surface area contributed by atoms with Crippen LogP contribution in [-0.4, -0.2) is 29.5 Å². The van der Waals surface area contributed by atoms with Gasteiger partial charge in [-0.1, -0.05) is 0 Å². The van der Waals surface area contributed by atoms with Crippen molar-refractivity contribution in [2.45, 2.75) is 6.92 Å². The Morgan fingerprint density at radius 2 is 1.91 bits per heavy atom. The second kappa shape index (κ2) is 8.03. The van der Waals surface area contributed by atoms with E-state index < -0.39 is 4.92 Å². The lowest BCUT2D eigenvalue weighted by Gasteiger charge is -2.02. The molecule has 160 valence electrons. The first-order valence-electron chi connectivity index (χ1n) is 9.86. The van der Waals surface area contributed by atoms with Crippen LogP contribution in [-0.2, 0) is 0 Å². The van der Waals surface area contributed by atoms with Gasteiger partial charge in [0.2, 0.25) is 12.7 Å². The summed E-state index contributed by atoms with van der Waals surface area (Å²) in [4.78, 5) is 19.9. The fourth-order valence-electron chi connectivity index (χ4n) is 3.33. The van der Waals surface area contributed by atoms with Crippen LogP contribution >= 0.6 is 0 Å². The van der Waals surface area contributed by atoms with Gasteiger partial charge >= 0.3 is 0 Å². The topological polar surface area (TPSA) is 109 Å². The number of benzene rings is 3. The molecule has 2 heterocycles. The van der Waals surface area contributed by atoms with E-state index in [1.54, 1.807) is 24.3 Å². The van der Waals surface area contributed by atoms with Crippen LogP contribution in [0.15, 0.2) is 64.0 Å². The maximum atomic E-state index is 11.4. The highest BCUT2D eigenvalue weighted by atomic mass is 16.7. The Morgan fingerprint density at radius 1 is 1.12 bits per heavy atom. The standard InChI is InChI=1S/C23H17N3O6/c1-2-29-17-6-3-14(4-7-17)23-25-18-10-16(5-8-20(18)32-23)24-12-15-9-21-22(31-13-30-21)11-19(15)26(27)28/h3-12H,2,13H2,1H3. The first-order chi connectivity index (χ1) is 15.6. The summed E-state index contributed by atoms with van der Waals surface area (Å²) in [6.45, 7) is 2.56. The summed E-state index contributed by atoms with van der Waals surface area (Å²) in [6, 6.07) is 15.7. The molecule has 0 saturated heterocycles. The summed E-state index contributed by atoms with van der Waals surface area (Å²) >= 11 is 0. The normalized spacial score (nSPS) is 12.5. The van der Waals surface area contributed by atoms with Crippen molar-refractivity contribution in [1.82, 2.24) is 4.98 Å². The molecule has 0 atom stereocenters. The van der Waals surface area contributed by atoms with Gasteiger partial charge in [-0.25, -0.2) is 4.98 Å². The number of nitro benzene ring substituents is 1. The van der Waals surface area contributed by atoms with Crippen LogP contribution in [0.25, 0.3) is 22.6 Å². The molecular weight excluding hydrogens is 414 g/mol. The zero-order valence-corrected chi connectivity index (χ0v) is 17.0. The predicted molar refractivity (Wildman–Crippen MR) is 117 cm³/mol. The van der Waals surface area contributed by atoms with Crippen molar-refractivity contribution in [2.24, 2.45) is 4.99 Å². The monoisotopic (exact) mass is 431 g/mol. The van der Waals surface area contributed by atoms with Crippen molar-refractivity contribution in [3.8, 4) is 28.7 Å². The van der Waals surface area contributed by atoms with E-state index in [-0.39, 0.29) is 12.5 Å². The maximum Gasteiger partial charge on any atom is 0.282 e. The largest absolute Gasteiger partial charge is 0.494 e. The molecule has 0 amide bonds. The predicted octanol–water partition coefficient (Wildman–Crippen LogP) is 5.28. The molecule has 0 radical (unpaired) electrons. The molecule has 0 fully saturated rings. The van der Waals surface area contributed by atoms with Crippen molar-refractivity contribution in [2.75, 3.05) is 13.4 Å². The third-order valence-corrected chi connectivity index (χ3v) is 4.85. The fraction of sp³-hybridized carbons (Fsp3) is 0.130. The van der Waals surface area contributed by atoms with Crippen LogP contribution in [0.5, 0.6) is 17.2 Å². The van der Waals surface area contributed by atoms with Crippen molar-refractivity contribution in [3.63, 3.8) is 0 Å².